The van der Waals surface area contributed by atoms with Gasteiger partial charge in [0.1, 0.15) is 6.61 Å². The third-order valence-electron chi connectivity index (χ3n) is 1.49. The van der Waals surface area contributed by atoms with Crippen molar-refractivity contribution in [3.63, 3.8) is 0 Å². The lowest BCUT2D eigenvalue weighted by Gasteiger charge is -2.04. The van der Waals surface area contributed by atoms with Gasteiger partial charge in [0, 0.05) is 12.6 Å². The summed E-state index contributed by atoms with van der Waals surface area (Å²) in [5, 5.41) is 0. The molecule has 0 amide bonds. The van der Waals surface area contributed by atoms with Gasteiger partial charge in [-0.2, -0.15) is 0 Å². The Kier molecular flexibility index (Phi) is 3.87. The molecule has 1 heterocycles. The Labute approximate surface area is 81.8 Å². The predicted molar refractivity (Wildman–Crippen MR) is 50.1 cm³/mol. The molecule has 0 aliphatic rings. The van der Waals surface area contributed by atoms with Crippen LogP contribution in [0.3, 0.4) is 0 Å². The summed E-state index contributed by atoms with van der Waals surface area (Å²) >= 11 is 0. The van der Waals surface area contributed by atoms with Crippen molar-refractivity contribution in [2.24, 2.45) is 5.73 Å². The molecule has 0 aromatic carbocycles. The second kappa shape index (κ2) is 5.18. The standard InChI is InChI=1S/C9H12N2O3/c1-13-9(12)7-3-2-4-8(11-7)14-6-5-10/h2-4H,5-6,10H2,1H3. The summed E-state index contributed by atoms with van der Waals surface area (Å²) in [4.78, 5) is 15.0. The van der Waals surface area contributed by atoms with E-state index in [-0.39, 0.29) is 5.69 Å². The fourth-order valence-electron chi connectivity index (χ4n) is 0.877. The maximum absolute atomic E-state index is 11.1. The lowest BCUT2D eigenvalue weighted by Crippen LogP contribution is -2.12. The highest BCUT2D eigenvalue weighted by Crippen LogP contribution is 2.07. The fourth-order valence-corrected chi connectivity index (χ4v) is 0.877. The second-order valence-corrected chi connectivity index (χ2v) is 2.49. The first kappa shape index (κ1) is 10.5. The number of pyridine rings is 1. The van der Waals surface area contributed by atoms with Gasteiger partial charge in [-0.1, -0.05) is 6.07 Å². The molecular formula is C9H12N2O3. The van der Waals surface area contributed by atoms with Crippen molar-refractivity contribution in [2.45, 2.75) is 0 Å². The van der Waals surface area contributed by atoms with Crippen LogP contribution in [0.5, 0.6) is 5.88 Å². The van der Waals surface area contributed by atoms with E-state index in [4.69, 9.17) is 10.5 Å². The van der Waals surface area contributed by atoms with E-state index in [0.717, 1.165) is 0 Å². The van der Waals surface area contributed by atoms with Crippen LogP contribution < -0.4 is 10.5 Å². The minimum Gasteiger partial charge on any atom is -0.476 e. The SMILES string of the molecule is COC(=O)c1cccc(OCCN)n1. The zero-order valence-electron chi connectivity index (χ0n) is 7.90. The summed E-state index contributed by atoms with van der Waals surface area (Å²) in [7, 11) is 1.30. The van der Waals surface area contributed by atoms with E-state index in [0.29, 0.717) is 19.0 Å². The number of carbonyl (C=O) groups excluding carboxylic acids is 1. The largest absolute Gasteiger partial charge is 0.476 e. The molecule has 0 fully saturated rings. The van der Waals surface area contributed by atoms with Crippen LogP contribution >= 0.6 is 0 Å². The van der Waals surface area contributed by atoms with Gasteiger partial charge in [-0.15, -0.1) is 0 Å². The molecule has 2 N–H and O–H groups in total. The maximum Gasteiger partial charge on any atom is 0.356 e. The topological polar surface area (TPSA) is 74.4 Å². The number of esters is 1. The fraction of sp³-hybridized carbons (Fsp3) is 0.333. The van der Waals surface area contributed by atoms with Crippen LogP contribution in [0.25, 0.3) is 0 Å². The van der Waals surface area contributed by atoms with Gasteiger partial charge in [0.2, 0.25) is 5.88 Å². The number of rotatable bonds is 4. The molecule has 0 radical (unpaired) electrons. The van der Waals surface area contributed by atoms with Gasteiger partial charge in [0.25, 0.3) is 0 Å². The lowest BCUT2D eigenvalue weighted by atomic mass is 10.3. The van der Waals surface area contributed by atoms with E-state index in [1.807, 2.05) is 0 Å². The third kappa shape index (κ3) is 2.70. The molecule has 5 nitrogen and oxygen atoms in total. The first-order valence-electron chi connectivity index (χ1n) is 4.16. The number of carbonyl (C=O) groups is 1. The van der Waals surface area contributed by atoms with Crippen LogP contribution in [0.2, 0.25) is 0 Å². The lowest BCUT2D eigenvalue weighted by molar-refractivity contribution is 0.0593. The van der Waals surface area contributed by atoms with Gasteiger partial charge in [0.15, 0.2) is 5.69 Å². The first-order chi connectivity index (χ1) is 6.77. The first-order valence-corrected chi connectivity index (χ1v) is 4.16. The van der Waals surface area contributed by atoms with Crippen LogP contribution in [0.15, 0.2) is 18.2 Å². The van der Waals surface area contributed by atoms with Gasteiger partial charge in [-0.05, 0) is 6.07 Å². The molecule has 1 rings (SSSR count). The van der Waals surface area contributed by atoms with Crippen LogP contribution in [-0.4, -0.2) is 31.2 Å². The number of aromatic nitrogens is 1. The summed E-state index contributed by atoms with van der Waals surface area (Å²) in [6.07, 6.45) is 0. The Morgan fingerprint density at radius 3 is 3.00 bits per heavy atom. The number of ether oxygens (including phenoxy) is 2. The molecule has 0 aliphatic carbocycles. The monoisotopic (exact) mass is 196 g/mol. The number of nitrogens with two attached hydrogens (primary N) is 1. The Hall–Kier alpha value is -1.62. The molecule has 0 atom stereocenters. The van der Waals surface area contributed by atoms with Gasteiger partial charge < -0.3 is 15.2 Å². The summed E-state index contributed by atoms with van der Waals surface area (Å²) in [5.41, 5.74) is 5.48. The molecule has 0 saturated heterocycles. The van der Waals surface area contributed by atoms with Crippen LogP contribution in [-0.2, 0) is 4.74 Å². The maximum atomic E-state index is 11.1. The molecule has 0 aliphatic heterocycles. The Balaban J connectivity index is 2.73. The Bertz CT molecular complexity index is 315. The van der Waals surface area contributed by atoms with Crippen molar-refractivity contribution in [2.75, 3.05) is 20.3 Å². The van der Waals surface area contributed by atoms with Crippen LogP contribution in [0.4, 0.5) is 0 Å². The second-order valence-electron chi connectivity index (χ2n) is 2.49. The zero-order chi connectivity index (χ0) is 10.4. The molecular weight excluding hydrogens is 184 g/mol. The van der Waals surface area contributed by atoms with E-state index in [9.17, 15) is 4.79 Å². The average Bonchev–Trinajstić information content (AvgIpc) is 2.25. The number of nitrogens with zero attached hydrogens (tertiary/aromatic N) is 1. The van der Waals surface area contributed by atoms with Crippen LogP contribution in [0, 0.1) is 0 Å². The van der Waals surface area contributed by atoms with E-state index < -0.39 is 5.97 Å². The van der Waals surface area contributed by atoms with Gasteiger partial charge in [0.05, 0.1) is 7.11 Å². The molecule has 14 heavy (non-hydrogen) atoms. The van der Waals surface area contributed by atoms with E-state index in [2.05, 4.69) is 9.72 Å². The quantitative estimate of drug-likeness (QED) is 0.696. The van der Waals surface area contributed by atoms with Crippen molar-refractivity contribution >= 4 is 5.97 Å². The number of hydrogen-bond donors (Lipinski definition) is 1. The van der Waals surface area contributed by atoms with E-state index >= 15 is 0 Å². The van der Waals surface area contributed by atoms with Crippen LogP contribution in [0.1, 0.15) is 10.5 Å². The normalized spacial score (nSPS) is 9.57. The molecule has 5 heteroatoms. The summed E-state index contributed by atoms with van der Waals surface area (Å²) in [6, 6.07) is 4.88. The zero-order valence-corrected chi connectivity index (χ0v) is 7.90. The molecule has 1 aromatic heterocycles. The molecule has 0 unspecified atom stereocenters. The molecule has 0 saturated carbocycles. The van der Waals surface area contributed by atoms with Crippen molar-refractivity contribution < 1.29 is 14.3 Å². The third-order valence-corrected chi connectivity index (χ3v) is 1.49. The van der Waals surface area contributed by atoms with Gasteiger partial charge in [-0.3, -0.25) is 0 Å². The van der Waals surface area contributed by atoms with Gasteiger partial charge >= 0.3 is 5.97 Å². The van der Waals surface area contributed by atoms with E-state index in [1.165, 1.54) is 7.11 Å². The number of methoxy groups -OCH3 is 1. The highest BCUT2D eigenvalue weighted by molar-refractivity contribution is 5.87. The summed E-state index contributed by atoms with van der Waals surface area (Å²) < 4.78 is 9.66. The van der Waals surface area contributed by atoms with Crippen molar-refractivity contribution in [1.29, 1.82) is 0 Å². The highest BCUT2D eigenvalue weighted by atomic mass is 16.5. The summed E-state index contributed by atoms with van der Waals surface area (Å²) in [6.45, 7) is 0.780. The minimum atomic E-state index is -0.483. The predicted octanol–water partition coefficient (Wildman–Crippen LogP) is 0.206. The molecule has 1 aromatic rings. The minimum absolute atomic E-state index is 0.224. The van der Waals surface area contributed by atoms with E-state index in [1.54, 1.807) is 18.2 Å². The summed E-state index contributed by atoms with van der Waals surface area (Å²) in [5.74, 6) is -0.110. The van der Waals surface area contributed by atoms with Crippen molar-refractivity contribution in [1.82, 2.24) is 4.98 Å². The van der Waals surface area contributed by atoms with Crippen molar-refractivity contribution in [3.8, 4) is 5.88 Å². The molecule has 0 bridgehead atoms. The number of hydrogen-bond acceptors (Lipinski definition) is 5. The Morgan fingerprint density at radius 2 is 2.36 bits per heavy atom. The van der Waals surface area contributed by atoms with Gasteiger partial charge in [-0.25, -0.2) is 9.78 Å². The highest BCUT2D eigenvalue weighted by Gasteiger charge is 2.07. The smallest absolute Gasteiger partial charge is 0.356 e. The van der Waals surface area contributed by atoms with Crippen molar-refractivity contribution in [3.05, 3.63) is 23.9 Å². The average molecular weight is 196 g/mol. The Morgan fingerprint density at radius 1 is 1.57 bits per heavy atom. The molecule has 76 valence electrons. The molecule has 0 spiro atoms.